The molecule has 0 aliphatic heterocycles. The molecule has 0 spiro atoms. The Morgan fingerprint density at radius 3 is 2.33 bits per heavy atom. The topological polar surface area (TPSA) is 64.6 Å². The average molecular weight is 327 g/mol. The summed E-state index contributed by atoms with van der Waals surface area (Å²) in [5.74, 6) is -0.115. The number of rotatable bonds is 6. The van der Waals surface area contributed by atoms with E-state index in [1.807, 2.05) is 13.0 Å². The van der Waals surface area contributed by atoms with E-state index in [1.165, 1.54) is 0 Å². The molecule has 0 saturated heterocycles. The van der Waals surface area contributed by atoms with Crippen LogP contribution in [0.3, 0.4) is 0 Å². The van der Waals surface area contributed by atoms with Gasteiger partial charge in [-0.25, -0.2) is 4.79 Å². The molecule has 2 rings (SSSR count). The van der Waals surface area contributed by atoms with Gasteiger partial charge in [-0.3, -0.25) is 4.79 Å². The lowest BCUT2D eigenvalue weighted by molar-refractivity contribution is 0.0378. The zero-order valence-corrected chi connectivity index (χ0v) is 14.0. The molecule has 24 heavy (non-hydrogen) atoms. The maximum absolute atomic E-state index is 12.4. The molecule has 0 heterocycles. The van der Waals surface area contributed by atoms with E-state index in [1.54, 1.807) is 56.3 Å². The second kappa shape index (κ2) is 8.15. The van der Waals surface area contributed by atoms with E-state index >= 15 is 0 Å². The number of nitrogens with one attached hydrogen (secondary N) is 1. The first-order valence-electron chi connectivity index (χ1n) is 7.85. The fourth-order valence-electron chi connectivity index (χ4n) is 2.11. The van der Waals surface area contributed by atoms with Crippen LogP contribution in [-0.4, -0.2) is 24.6 Å². The lowest BCUT2D eigenvalue weighted by Gasteiger charge is -2.11. The molecule has 0 bridgehead atoms. The van der Waals surface area contributed by atoms with Crippen LogP contribution in [0, 0.1) is 0 Å². The van der Waals surface area contributed by atoms with Crippen molar-refractivity contribution in [3.8, 4) is 5.75 Å². The maximum atomic E-state index is 12.4. The number of ether oxygens (including phenoxy) is 2. The van der Waals surface area contributed by atoms with Gasteiger partial charge in [0.25, 0.3) is 5.91 Å². The third-order valence-corrected chi connectivity index (χ3v) is 3.15. The first-order chi connectivity index (χ1) is 11.5. The van der Waals surface area contributed by atoms with Crippen LogP contribution in [0.15, 0.2) is 48.5 Å². The molecule has 0 unspecified atom stereocenters. The molecule has 0 aliphatic rings. The summed E-state index contributed by atoms with van der Waals surface area (Å²) < 4.78 is 10.6. The number of carbonyl (C=O) groups is 2. The Morgan fingerprint density at radius 2 is 1.71 bits per heavy atom. The van der Waals surface area contributed by atoms with Crippen LogP contribution in [0.2, 0.25) is 0 Å². The second-order valence-electron chi connectivity index (χ2n) is 5.41. The molecule has 126 valence electrons. The van der Waals surface area contributed by atoms with Gasteiger partial charge >= 0.3 is 5.97 Å². The second-order valence-corrected chi connectivity index (χ2v) is 5.41. The summed E-state index contributed by atoms with van der Waals surface area (Å²) >= 11 is 0. The number of hydrogen-bond donors (Lipinski definition) is 1. The molecule has 0 radical (unpaired) electrons. The molecular formula is C19H21NO4. The normalized spacial score (nSPS) is 10.3. The van der Waals surface area contributed by atoms with Crippen LogP contribution in [0.5, 0.6) is 5.75 Å². The Balaban J connectivity index is 2.09. The molecule has 0 saturated carbocycles. The van der Waals surface area contributed by atoms with Crippen molar-refractivity contribution in [3.63, 3.8) is 0 Å². The van der Waals surface area contributed by atoms with Gasteiger partial charge in [-0.15, -0.1) is 0 Å². The minimum Gasteiger partial charge on any atom is -0.493 e. The summed E-state index contributed by atoms with van der Waals surface area (Å²) in [4.78, 5) is 24.2. The number of anilines is 1. The van der Waals surface area contributed by atoms with Crippen molar-refractivity contribution in [2.45, 2.75) is 26.9 Å². The minimum atomic E-state index is -0.385. The predicted molar refractivity (Wildman–Crippen MR) is 92.6 cm³/mol. The Hall–Kier alpha value is -2.82. The van der Waals surface area contributed by atoms with Crippen molar-refractivity contribution in [2.24, 2.45) is 0 Å². The van der Waals surface area contributed by atoms with E-state index in [0.717, 1.165) is 0 Å². The maximum Gasteiger partial charge on any atom is 0.338 e. The number of benzene rings is 2. The first kappa shape index (κ1) is 17.5. The molecule has 1 N–H and O–H groups in total. The summed E-state index contributed by atoms with van der Waals surface area (Å²) in [6.45, 7) is 5.94. The molecule has 0 atom stereocenters. The Labute approximate surface area is 141 Å². The Morgan fingerprint density at radius 1 is 1.04 bits per heavy atom. The predicted octanol–water partition coefficient (Wildman–Crippen LogP) is 3.90. The lowest BCUT2D eigenvalue weighted by Crippen LogP contribution is -2.14. The highest BCUT2D eigenvalue weighted by Crippen LogP contribution is 2.20. The van der Waals surface area contributed by atoms with E-state index in [0.29, 0.717) is 29.2 Å². The van der Waals surface area contributed by atoms with Crippen molar-refractivity contribution in [1.29, 1.82) is 0 Å². The molecular weight excluding hydrogens is 306 g/mol. The SMILES string of the molecule is CCOc1ccccc1C(=O)Nc1ccc(C(=O)OC(C)C)cc1. The Kier molecular flexibility index (Phi) is 5.95. The molecule has 2 aromatic rings. The summed E-state index contributed by atoms with van der Waals surface area (Å²) in [6.07, 6.45) is -0.174. The van der Waals surface area contributed by atoms with E-state index < -0.39 is 0 Å². The number of carbonyl (C=O) groups excluding carboxylic acids is 2. The quantitative estimate of drug-likeness (QED) is 0.817. The zero-order chi connectivity index (χ0) is 17.5. The molecule has 2 aromatic carbocycles. The number of esters is 1. The fraction of sp³-hybridized carbons (Fsp3) is 0.263. The van der Waals surface area contributed by atoms with Gasteiger partial charge in [0.1, 0.15) is 5.75 Å². The number of hydrogen-bond acceptors (Lipinski definition) is 4. The largest absolute Gasteiger partial charge is 0.493 e. The van der Waals surface area contributed by atoms with Crippen molar-refractivity contribution in [2.75, 3.05) is 11.9 Å². The van der Waals surface area contributed by atoms with Crippen LogP contribution in [0.1, 0.15) is 41.5 Å². The van der Waals surface area contributed by atoms with E-state index in [2.05, 4.69) is 5.32 Å². The van der Waals surface area contributed by atoms with Gasteiger partial charge in [-0.1, -0.05) is 12.1 Å². The third kappa shape index (κ3) is 4.59. The van der Waals surface area contributed by atoms with Gasteiger partial charge in [0.15, 0.2) is 0 Å². The first-order valence-corrected chi connectivity index (χ1v) is 7.85. The van der Waals surface area contributed by atoms with Crippen LogP contribution in [0.25, 0.3) is 0 Å². The van der Waals surface area contributed by atoms with Crippen molar-refractivity contribution in [3.05, 3.63) is 59.7 Å². The molecule has 0 aliphatic carbocycles. The third-order valence-electron chi connectivity index (χ3n) is 3.15. The molecule has 0 aromatic heterocycles. The molecule has 0 fully saturated rings. The standard InChI is InChI=1S/C19H21NO4/c1-4-23-17-8-6-5-7-16(17)18(21)20-15-11-9-14(10-12-15)19(22)24-13(2)3/h5-13H,4H2,1-3H3,(H,20,21). The van der Waals surface area contributed by atoms with E-state index in [4.69, 9.17) is 9.47 Å². The van der Waals surface area contributed by atoms with Crippen molar-refractivity contribution >= 4 is 17.6 Å². The van der Waals surface area contributed by atoms with Gasteiger partial charge in [-0.05, 0) is 57.2 Å². The smallest absolute Gasteiger partial charge is 0.338 e. The highest BCUT2D eigenvalue weighted by Gasteiger charge is 2.13. The summed E-state index contributed by atoms with van der Waals surface area (Å²) in [5.41, 5.74) is 1.49. The number of para-hydroxylation sites is 1. The van der Waals surface area contributed by atoms with Crippen molar-refractivity contribution in [1.82, 2.24) is 0 Å². The van der Waals surface area contributed by atoms with Crippen LogP contribution in [-0.2, 0) is 4.74 Å². The summed E-state index contributed by atoms with van der Waals surface area (Å²) in [5, 5.41) is 2.79. The summed E-state index contributed by atoms with van der Waals surface area (Å²) in [6, 6.07) is 13.6. The average Bonchev–Trinajstić information content (AvgIpc) is 2.55. The van der Waals surface area contributed by atoms with Crippen molar-refractivity contribution < 1.29 is 19.1 Å². The van der Waals surface area contributed by atoms with E-state index in [9.17, 15) is 9.59 Å². The zero-order valence-electron chi connectivity index (χ0n) is 14.0. The minimum absolute atomic E-state index is 0.174. The van der Waals surface area contributed by atoms with Gasteiger partial charge in [0, 0.05) is 5.69 Å². The van der Waals surface area contributed by atoms with Crippen LogP contribution >= 0.6 is 0 Å². The van der Waals surface area contributed by atoms with Crippen LogP contribution in [0.4, 0.5) is 5.69 Å². The monoisotopic (exact) mass is 327 g/mol. The highest BCUT2D eigenvalue weighted by atomic mass is 16.5. The van der Waals surface area contributed by atoms with Gasteiger partial charge in [-0.2, -0.15) is 0 Å². The highest BCUT2D eigenvalue weighted by molar-refractivity contribution is 6.06. The fourth-order valence-corrected chi connectivity index (χ4v) is 2.11. The number of amides is 1. The molecule has 5 nitrogen and oxygen atoms in total. The van der Waals surface area contributed by atoms with E-state index in [-0.39, 0.29) is 18.0 Å². The molecule has 5 heteroatoms. The van der Waals surface area contributed by atoms with Gasteiger partial charge in [0.05, 0.1) is 23.8 Å². The lowest BCUT2D eigenvalue weighted by atomic mass is 10.1. The van der Waals surface area contributed by atoms with Gasteiger partial charge in [0.2, 0.25) is 0 Å². The Bertz CT molecular complexity index is 708. The van der Waals surface area contributed by atoms with Crippen LogP contribution < -0.4 is 10.1 Å². The summed E-state index contributed by atoms with van der Waals surface area (Å²) in [7, 11) is 0. The molecule has 1 amide bonds. The van der Waals surface area contributed by atoms with Gasteiger partial charge < -0.3 is 14.8 Å².